The number of anilines is 1. The van der Waals surface area contributed by atoms with Gasteiger partial charge in [-0.25, -0.2) is 0 Å². The van der Waals surface area contributed by atoms with Crippen molar-refractivity contribution in [2.24, 2.45) is 0 Å². The minimum Gasteiger partial charge on any atom is -0.356 e. The zero-order valence-electron chi connectivity index (χ0n) is 11.2. The molecule has 1 aliphatic rings. The van der Waals surface area contributed by atoms with Crippen LogP contribution in [0.15, 0.2) is 40.6 Å². The van der Waals surface area contributed by atoms with E-state index in [0.717, 1.165) is 21.0 Å². The fourth-order valence-corrected chi connectivity index (χ4v) is 3.83. The molecule has 2 N–H and O–H groups in total. The topological polar surface area (TPSA) is 41.1 Å². The summed E-state index contributed by atoms with van der Waals surface area (Å²) in [6, 6.07) is 9.64. The van der Waals surface area contributed by atoms with Crippen LogP contribution in [0.4, 0.5) is 5.69 Å². The first-order valence-electron chi connectivity index (χ1n) is 6.37. The molecule has 108 valence electrons. The first-order valence-corrected chi connectivity index (χ1v) is 8.51. The van der Waals surface area contributed by atoms with Crippen LogP contribution < -0.4 is 10.6 Å². The largest absolute Gasteiger partial charge is 0.356 e. The Bertz CT molecular complexity index is 698. The lowest BCUT2D eigenvalue weighted by Crippen LogP contribution is -2.31. The quantitative estimate of drug-likeness (QED) is 0.821. The van der Waals surface area contributed by atoms with Crippen LogP contribution in [0.25, 0.3) is 6.08 Å². The molecule has 3 nitrogen and oxygen atoms in total. The number of amides is 1. The van der Waals surface area contributed by atoms with Crippen molar-refractivity contribution >= 4 is 52.4 Å². The summed E-state index contributed by atoms with van der Waals surface area (Å²) >= 11 is 9.10. The Labute approximate surface area is 136 Å². The Morgan fingerprint density at radius 2 is 2.24 bits per heavy atom. The van der Waals surface area contributed by atoms with E-state index in [-0.39, 0.29) is 11.4 Å². The molecule has 1 atom stereocenters. The third-order valence-electron chi connectivity index (χ3n) is 3.03. The summed E-state index contributed by atoms with van der Waals surface area (Å²) in [4.78, 5) is 13.8. The van der Waals surface area contributed by atoms with Gasteiger partial charge in [0.2, 0.25) is 0 Å². The number of aryl methyl sites for hydroxylation is 1. The number of carbonyl (C=O) groups excluding carboxylic acids is 1. The van der Waals surface area contributed by atoms with E-state index >= 15 is 0 Å². The summed E-state index contributed by atoms with van der Waals surface area (Å²) in [6.45, 7) is 2.00. The van der Waals surface area contributed by atoms with Gasteiger partial charge in [-0.2, -0.15) is 0 Å². The Morgan fingerprint density at radius 3 is 3.00 bits per heavy atom. The van der Waals surface area contributed by atoms with Gasteiger partial charge in [-0.1, -0.05) is 35.5 Å². The van der Waals surface area contributed by atoms with Crippen LogP contribution in [-0.2, 0) is 4.79 Å². The third-order valence-corrected chi connectivity index (χ3v) is 5.12. The summed E-state index contributed by atoms with van der Waals surface area (Å²) in [5.74, 6) is -0.0504. The van der Waals surface area contributed by atoms with Gasteiger partial charge in [-0.05, 0) is 42.1 Å². The Hall–Kier alpha value is -1.43. The Morgan fingerprint density at radius 1 is 1.38 bits per heavy atom. The smallest absolute Gasteiger partial charge is 0.260 e. The minimum absolute atomic E-state index is 0.0504. The van der Waals surface area contributed by atoms with Crippen LogP contribution in [-0.4, -0.2) is 11.4 Å². The van der Waals surface area contributed by atoms with Crippen LogP contribution >= 0.6 is 34.7 Å². The molecular weight excluding hydrogens is 324 g/mol. The summed E-state index contributed by atoms with van der Waals surface area (Å²) in [6.07, 6.45) is 1.91. The van der Waals surface area contributed by atoms with E-state index in [4.69, 9.17) is 11.6 Å². The van der Waals surface area contributed by atoms with Crippen molar-refractivity contribution in [2.45, 2.75) is 12.4 Å². The monoisotopic (exact) mass is 336 g/mol. The van der Waals surface area contributed by atoms with Crippen molar-refractivity contribution in [3.05, 3.63) is 56.1 Å². The van der Waals surface area contributed by atoms with Gasteiger partial charge in [-0.15, -0.1) is 11.3 Å². The molecule has 1 aliphatic heterocycles. The fourth-order valence-electron chi connectivity index (χ4n) is 1.96. The number of thioether (sulfide) groups is 1. The van der Waals surface area contributed by atoms with Crippen molar-refractivity contribution < 1.29 is 4.79 Å². The van der Waals surface area contributed by atoms with E-state index in [1.54, 1.807) is 11.3 Å². The van der Waals surface area contributed by atoms with Crippen molar-refractivity contribution in [3.63, 3.8) is 0 Å². The number of benzene rings is 1. The molecule has 2 heterocycles. The number of thiophene rings is 1. The summed E-state index contributed by atoms with van der Waals surface area (Å²) in [5, 5.41) is 8.88. The van der Waals surface area contributed by atoms with Gasteiger partial charge in [-0.3, -0.25) is 4.79 Å². The van der Waals surface area contributed by atoms with Gasteiger partial charge < -0.3 is 10.6 Å². The molecule has 0 aliphatic carbocycles. The van der Waals surface area contributed by atoms with Crippen LogP contribution in [0.5, 0.6) is 0 Å². The highest BCUT2D eigenvalue weighted by Gasteiger charge is 2.27. The number of halogens is 1. The van der Waals surface area contributed by atoms with E-state index in [1.165, 1.54) is 11.8 Å². The van der Waals surface area contributed by atoms with Crippen LogP contribution in [0, 0.1) is 6.92 Å². The van der Waals surface area contributed by atoms with Gasteiger partial charge in [0.1, 0.15) is 0 Å². The lowest BCUT2D eigenvalue weighted by molar-refractivity contribution is -0.116. The summed E-state index contributed by atoms with van der Waals surface area (Å²) < 4.78 is 0. The van der Waals surface area contributed by atoms with Crippen molar-refractivity contribution in [3.8, 4) is 0 Å². The number of carbonyl (C=O) groups is 1. The molecule has 0 bridgehead atoms. The molecule has 1 unspecified atom stereocenters. The Kier molecular flexibility index (Phi) is 4.24. The molecule has 21 heavy (non-hydrogen) atoms. The molecule has 0 saturated carbocycles. The molecule has 1 aromatic heterocycles. The van der Waals surface area contributed by atoms with E-state index in [9.17, 15) is 4.79 Å². The van der Waals surface area contributed by atoms with Crippen LogP contribution in [0.1, 0.15) is 10.4 Å². The van der Waals surface area contributed by atoms with Crippen LogP contribution in [0.2, 0.25) is 5.02 Å². The predicted octanol–water partition coefficient (Wildman–Crippen LogP) is 4.31. The zero-order valence-corrected chi connectivity index (χ0v) is 13.6. The second kappa shape index (κ2) is 6.13. The highest BCUT2D eigenvalue weighted by molar-refractivity contribution is 8.05. The van der Waals surface area contributed by atoms with Gasteiger partial charge in [0.15, 0.2) is 5.50 Å². The normalized spacial score (nSPS) is 19.8. The molecule has 2 aromatic rings. The molecule has 1 fully saturated rings. The zero-order chi connectivity index (χ0) is 14.8. The first kappa shape index (κ1) is 14.5. The standard InChI is InChI=1S/C15H13ClN2OS2/c1-9-4-5-10(16)7-12(9)17-15-18-14(19)13(21-15)8-11-3-2-6-20-11/h2-8,15,17H,1H3,(H,18,19)/b13-8-. The third kappa shape index (κ3) is 3.43. The van der Waals surface area contributed by atoms with Gasteiger partial charge in [0.25, 0.3) is 5.91 Å². The lowest BCUT2D eigenvalue weighted by Gasteiger charge is -2.15. The van der Waals surface area contributed by atoms with Gasteiger partial charge in [0.05, 0.1) is 4.91 Å². The molecule has 1 saturated heterocycles. The van der Waals surface area contributed by atoms with Crippen molar-refractivity contribution in [1.82, 2.24) is 5.32 Å². The summed E-state index contributed by atoms with van der Waals surface area (Å²) in [5.41, 5.74) is 1.84. The van der Waals surface area contributed by atoms with Gasteiger partial charge >= 0.3 is 0 Å². The minimum atomic E-state index is -0.180. The SMILES string of the molecule is Cc1ccc(Cl)cc1NC1NC(=O)/C(=C/c2cccs2)S1. The lowest BCUT2D eigenvalue weighted by atomic mass is 10.2. The molecule has 0 spiro atoms. The molecule has 1 amide bonds. The van der Waals surface area contributed by atoms with Crippen LogP contribution in [0.3, 0.4) is 0 Å². The molecule has 0 radical (unpaired) electrons. The maximum absolute atomic E-state index is 12.0. The molecule has 1 aromatic carbocycles. The maximum atomic E-state index is 12.0. The number of hydrogen-bond acceptors (Lipinski definition) is 4. The summed E-state index contributed by atoms with van der Waals surface area (Å²) in [7, 11) is 0. The molecular formula is C15H13ClN2OS2. The molecule has 6 heteroatoms. The second-order valence-corrected chi connectivity index (χ2v) is 7.16. The number of rotatable bonds is 3. The van der Waals surface area contributed by atoms with E-state index < -0.39 is 0 Å². The number of hydrogen-bond donors (Lipinski definition) is 2. The first-order chi connectivity index (χ1) is 10.1. The maximum Gasteiger partial charge on any atom is 0.260 e. The highest BCUT2D eigenvalue weighted by Crippen LogP contribution is 2.32. The highest BCUT2D eigenvalue weighted by atomic mass is 35.5. The molecule has 3 rings (SSSR count). The Balaban J connectivity index is 1.74. The van der Waals surface area contributed by atoms with Gasteiger partial charge in [0, 0.05) is 15.6 Å². The fraction of sp³-hybridized carbons (Fsp3) is 0.133. The van der Waals surface area contributed by atoms with E-state index in [1.807, 2.05) is 48.7 Å². The second-order valence-electron chi connectivity index (χ2n) is 4.60. The predicted molar refractivity (Wildman–Crippen MR) is 91.6 cm³/mol. The van der Waals surface area contributed by atoms with E-state index in [0.29, 0.717) is 5.02 Å². The average molecular weight is 337 g/mol. The average Bonchev–Trinajstić information content (AvgIpc) is 3.06. The van der Waals surface area contributed by atoms with E-state index in [2.05, 4.69) is 10.6 Å². The number of nitrogens with one attached hydrogen (secondary N) is 2. The van der Waals surface area contributed by atoms with Crippen molar-refractivity contribution in [2.75, 3.05) is 5.32 Å². The van der Waals surface area contributed by atoms with Crippen molar-refractivity contribution in [1.29, 1.82) is 0 Å².